The Balaban J connectivity index is 1.73. The van der Waals surface area contributed by atoms with Gasteiger partial charge in [-0.05, 0) is 42.3 Å². The van der Waals surface area contributed by atoms with Crippen LogP contribution >= 0.6 is 23.2 Å². The number of hydrogen-bond donors (Lipinski definition) is 0. The summed E-state index contributed by atoms with van der Waals surface area (Å²) < 4.78 is 18.6. The molecule has 0 radical (unpaired) electrons. The quantitative estimate of drug-likeness (QED) is 0.434. The lowest BCUT2D eigenvalue weighted by Crippen LogP contribution is -2.40. The first-order valence-electron chi connectivity index (χ1n) is 10.4. The standard InChI is InChI=1S/C23H20Cl2FN5O2/c1-13-10-29(15-8-6-14(24)7-9-15)22-27-20-19(30(22)11-13)21(32)31(23(33)28(20)2)12-16-17(25)4-3-5-18(16)26/h3-9,13H,10-12H2,1-2H3/t13-/m1/s1. The molecule has 33 heavy (non-hydrogen) atoms. The summed E-state index contributed by atoms with van der Waals surface area (Å²) in [6.45, 7) is 3.06. The summed E-state index contributed by atoms with van der Waals surface area (Å²) >= 11 is 12.2. The van der Waals surface area contributed by atoms with E-state index in [4.69, 9.17) is 23.2 Å². The number of aryl methyl sites for hydroxylation is 1. The van der Waals surface area contributed by atoms with Crippen LogP contribution in [0, 0.1) is 11.7 Å². The Morgan fingerprint density at radius 3 is 2.52 bits per heavy atom. The molecule has 2 aromatic carbocycles. The molecule has 0 saturated carbocycles. The smallest absolute Gasteiger partial charge is 0.312 e. The van der Waals surface area contributed by atoms with E-state index in [0.29, 0.717) is 29.6 Å². The van der Waals surface area contributed by atoms with E-state index in [9.17, 15) is 14.0 Å². The van der Waals surface area contributed by atoms with E-state index in [1.807, 2.05) is 21.6 Å². The predicted molar refractivity (Wildman–Crippen MR) is 127 cm³/mol. The molecule has 10 heteroatoms. The number of benzene rings is 2. The van der Waals surface area contributed by atoms with Crippen LogP contribution in [0.15, 0.2) is 52.1 Å². The van der Waals surface area contributed by atoms with Gasteiger partial charge in [0.25, 0.3) is 5.56 Å². The van der Waals surface area contributed by atoms with Crippen molar-refractivity contribution in [1.29, 1.82) is 0 Å². The molecule has 5 rings (SSSR count). The zero-order chi connectivity index (χ0) is 23.4. The van der Waals surface area contributed by atoms with Gasteiger partial charge in [0.15, 0.2) is 11.2 Å². The number of nitrogens with zero attached hydrogens (tertiary/aromatic N) is 5. The summed E-state index contributed by atoms with van der Waals surface area (Å²) in [6, 6.07) is 11.6. The molecule has 0 spiro atoms. The molecule has 0 unspecified atom stereocenters. The number of rotatable bonds is 3. The number of fused-ring (bicyclic) bond motifs is 3. The van der Waals surface area contributed by atoms with Crippen molar-refractivity contribution in [3.63, 3.8) is 0 Å². The molecule has 0 aliphatic carbocycles. The van der Waals surface area contributed by atoms with Gasteiger partial charge in [0, 0.05) is 41.4 Å². The van der Waals surface area contributed by atoms with Crippen molar-refractivity contribution in [2.45, 2.75) is 20.0 Å². The van der Waals surface area contributed by atoms with Crippen molar-refractivity contribution in [1.82, 2.24) is 18.7 Å². The molecule has 7 nitrogen and oxygen atoms in total. The van der Waals surface area contributed by atoms with Crippen molar-refractivity contribution in [2.24, 2.45) is 13.0 Å². The predicted octanol–water partition coefficient (Wildman–Crippen LogP) is 4.18. The minimum absolute atomic E-state index is 0.0901. The third-order valence-electron chi connectivity index (χ3n) is 5.96. The Labute approximate surface area is 198 Å². The van der Waals surface area contributed by atoms with Crippen molar-refractivity contribution in [3.8, 4) is 0 Å². The van der Waals surface area contributed by atoms with Crippen LogP contribution in [0.5, 0.6) is 0 Å². The highest BCUT2D eigenvalue weighted by Gasteiger charge is 2.30. The van der Waals surface area contributed by atoms with E-state index >= 15 is 0 Å². The van der Waals surface area contributed by atoms with Gasteiger partial charge in [-0.15, -0.1) is 0 Å². The minimum atomic E-state index is -0.589. The maximum absolute atomic E-state index is 14.4. The van der Waals surface area contributed by atoms with Crippen molar-refractivity contribution in [2.75, 3.05) is 11.4 Å². The molecule has 0 amide bonds. The van der Waals surface area contributed by atoms with Crippen LogP contribution in [-0.2, 0) is 20.1 Å². The Hall–Kier alpha value is -3.10. The molecule has 0 bridgehead atoms. The van der Waals surface area contributed by atoms with Crippen LogP contribution in [0.4, 0.5) is 16.0 Å². The molecular formula is C23H20Cl2FN5O2. The SMILES string of the molecule is C[C@@H]1CN(c2ccc(Cl)cc2)c2nc3c(c(=O)n(Cc4c(F)cccc4Cl)c(=O)n3C)n2C1. The van der Waals surface area contributed by atoms with E-state index < -0.39 is 17.1 Å². The fourth-order valence-electron chi connectivity index (χ4n) is 4.32. The summed E-state index contributed by atoms with van der Waals surface area (Å²) in [6.07, 6.45) is 0. The summed E-state index contributed by atoms with van der Waals surface area (Å²) in [5, 5.41) is 0.774. The maximum atomic E-state index is 14.4. The van der Waals surface area contributed by atoms with Crippen LogP contribution < -0.4 is 16.1 Å². The van der Waals surface area contributed by atoms with E-state index in [1.54, 1.807) is 19.2 Å². The molecule has 2 aromatic heterocycles. The minimum Gasteiger partial charge on any atom is -0.312 e. The van der Waals surface area contributed by atoms with Crippen LogP contribution in [0.2, 0.25) is 10.0 Å². The monoisotopic (exact) mass is 487 g/mol. The second kappa shape index (κ2) is 8.04. The molecule has 0 fully saturated rings. The van der Waals surface area contributed by atoms with Gasteiger partial charge in [0.1, 0.15) is 5.82 Å². The molecule has 1 aliphatic heterocycles. The molecule has 0 saturated heterocycles. The van der Waals surface area contributed by atoms with Gasteiger partial charge in [-0.1, -0.05) is 36.2 Å². The number of aromatic nitrogens is 4. The summed E-state index contributed by atoms with van der Waals surface area (Å²) in [5.41, 5.74) is 0.428. The third-order valence-corrected chi connectivity index (χ3v) is 6.56. The van der Waals surface area contributed by atoms with Gasteiger partial charge in [-0.2, -0.15) is 4.98 Å². The zero-order valence-corrected chi connectivity index (χ0v) is 19.4. The maximum Gasteiger partial charge on any atom is 0.332 e. The van der Waals surface area contributed by atoms with E-state index in [-0.39, 0.29) is 28.7 Å². The van der Waals surface area contributed by atoms with Gasteiger partial charge in [0.05, 0.1) is 6.54 Å². The van der Waals surface area contributed by atoms with Gasteiger partial charge in [-0.3, -0.25) is 13.9 Å². The lowest BCUT2D eigenvalue weighted by atomic mass is 10.1. The first-order valence-corrected chi connectivity index (χ1v) is 11.2. The fourth-order valence-corrected chi connectivity index (χ4v) is 4.67. The first kappa shape index (κ1) is 21.7. The lowest BCUT2D eigenvalue weighted by molar-refractivity contribution is 0.458. The Morgan fingerprint density at radius 1 is 1.09 bits per heavy atom. The highest BCUT2D eigenvalue weighted by Crippen LogP contribution is 2.33. The molecular weight excluding hydrogens is 468 g/mol. The van der Waals surface area contributed by atoms with Crippen molar-refractivity contribution in [3.05, 3.63) is 84.7 Å². The normalized spacial score (nSPS) is 15.8. The van der Waals surface area contributed by atoms with E-state index in [2.05, 4.69) is 11.9 Å². The van der Waals surface area contributed by atoms with E-state index in [0.717, 1.165) is 10.3 Å². The number of halogens is 3. The molecule has 4 aromatic rings. The largest absolute Gasteiger partial charge is 0.332 e. The second-order valence-electron chi connectivity index (χ2n) is 8.32. The topological polar surface area (TPSA) is 65.1 Å². The van der Waals surface area contributed by atoms with Gasteiger partial charge in [0.2, 0.25) is 5.95 Å². The Morgan fingerprint density at radius 2 is 1.82 bits per heavy atom. The van der Waals surface area contributed by atoms with Crippen LogP contribution in [0.3, 0.4) is 0 Å². The fraction of sp³-hybridized carbons (Fsp3) is 0.261. The summed E-state index contributed by atoms with van der Waals surface area (Å²) in [7, 11) is 1.55. The van der Waals surface area contributed by atoms with Crippen LogP contribution in [0.1, 0.15) is 12.5 Å². The Kier molecular flexibility index (Phi) is 5.29. The molecule has 1 atom stereocenters. The third kappa shape index (κ3) is 3.54. The molecule has 0 N–H and O–H groups in total. The molecule has 3 heterocycles. The lowest BCUT2D eigenvalue weighted by Gasteiger charge is -2.33. The average molecular weight is 488 g/mol. The van der Waals surface area contributed by atoms with Crippen molar-refractivity contribution >= 4 is 46.0 Å². The van der Waals surface area contributed by atoms with Gasteiger partial charge in [-0.25, -0.2) is 9.18 Å². The van der Waals surface area contributed by atoms with Crippen molar-refractivity contribution < 1.29 is 4.39 Å². The summed E-state index contributed by atoms with van der Waals surface area (Å²) in [4.78, 5) is 33.3. The summed E-state index contributed by atoms with van der Waals surface area (Å²) in [5.74, 6) is 0.199. The van der Waals surface area contributed by atoms with Gasteiger partial charge < -0.3 is 9.47 Å². The number of hydrogen-bond acceptors (Lipinski definition) is 4. The Bertz CT molecular complexity index is 1490. The molecule has 170 valence electrons. The zero-order valence-electron chi connectivity index (χ0n) is 17.9. The average Bonchev–Trinajstić information content (AvgIpc) is 3.16. The van der Waals surface area contributed by atoms with Crippen LogP contribution in [-0.4, -0.2) is 25.2 Å². The van der Waals surface area contributed by atoms with Crippen LogP contribution in [0.25, 0.3) is 11.2 Å². The van der Waals surface area contributed by atoms with E-state index in [1.165, 1.54) is 22.8 Å². The van der Waals surface area contributed by atoms with Gasteiger partial charge >= 0.3 is 5.69 Å². The highest BCUT2D eigenvalue weighted by molar-refractivity contribution is 6.31. The first-order chi connectivity index (χ1) is 15.8. The number of imidazole rings is 1. The number of anilines is 2. The molecule has 1 aliphatic rings. The second-order valence-corrected chi connectivity index (χ2v) is 9.16. The highest BCUT2D eigenvalue weighted by atomic mass is 35.5.